The quantitative estimate of drug-likeness (QED) is 0.702. The van der Waals surface area contributed by atoms with Crippen molar-refractivity contribution in [2.45, 2.75) is 20.8 Å². The van der Waals surface area contributed by atoms with Crippen LogP contribution in [0.2, 0.25) is 0 Å². The van der Waals surface area contributed by atoms with Crippen LogP contribution < -0.4 is 5.32 Å². The third-order valence-electron chi connectivity index (χ3n) is 2.81. The highest BCUT2D eigenvalue weighted by molar-refractivity contribution is 5.93. The van der Waals surface area contributed by atoms with E-state index in [-0.39, 0.29) is 12.5 Å². The van der Waals surface area contributed by atoms with Crippen LogP contribution in [0.15, 0.2) is 0 Å². The number of hydrogen-bond donors (Lipinski definition) is 3. The van der Waals surface area contributed by atoms with Crippen molar-refractivity contribution in [3.63, 3.8) is 0 Å². The minimum atomic E-state index is -0.867. The van der Waals surface area contributed by atoms with Crippen molar-refractivity contribution in [1.29, 1.82) is 0 Å². The monoisotopic (exact) mass is 268 g/mol. The Balaban J connectivity index is 2.50. The number of H-pyrrole nitrogens is 1. The Kier molecular flexibility index (Phi) is 5.05. The van der Waals surface area contributed by atoms with Crippen LogP contribution in [0.25, 0.3) is 0 Å². The molecule has 1 rings (SSSR count). The summed E-state index contributed by atoms with van der Waals surface area (Å²) in [6.07, 6.45) is 0. The third kappa shape index (κ3) is 4.36. The Labute approximate surface area is 112 Å². The molecule has 0 radical (unpaired) electrons. The summed E-state index contributed by atoms with van der Waals surface area (Å²) in [6.45, 7) is 5.70. The minimum Gasteiger partial charge on any atom is -0.481 e. The van der Waals surface area contributed by atoms with E-state index in [1.54, 1.807) is 25.8 Å². The number of aryl methyl sites for hydroxylation is 2. The molecule has 0 aliphatic rings. The van der Waals surface area contributed by atoms with E-state index in [9.17, 15) is 9.59 Å². The highest BCUT2D eigenvalue weighted by atomic mass is 16.4. The second-order valence-corrected chi connectivity index (χ2v) is 4.79. The maximum absolute atomic E-state index is 11.8. The van der Waals surface area contributed by atoms with E-state index in [2.05, 4.69) is 15.5 Å². The van der Waals surface area contributed by atoms with E-state index in [0.29, 0.717) is 12.2 Å². The summed E-state index contributed by atoms with van der Waals surface area (Å²) < 4.78 is 0. The zero-order chi connectivity index (χ0) is 14.6. The number of anilines is 1. The number of amides is 1. The average molecular weight is 268 g/mol. The van der Waals surface area contributed by atoms with Gasteiger partial charge in [-0.15, -0.1) is 0 Å². The van der Waals surface area contributed by atoms with E-state index in [1.807, 2.05) is 6.92 Å². The number of likely N-dealkylation sites (N-methyl/N-ethyl adjacent to an activating group) is 1. The van der Waals surface area contributed by atoms with Crippen molar-refractivity contribution >= 4 is 17.6 Å². The molecule has 106 valence electrons. The average Bonchev–Trinajstić information content (AvgIpc) is 2.60. The summed E-state index contributed by atoms with van der Waals surface area (Å²) in [5.41, 5.74) is 2.21. The Hall–Kier alpha value is -1.89. The summed E-state index contributed by atoms with van der Waals surface area (Å²) in [5, 5.41) is 18.4. The van der Waals surface area contributed by atoms with Crippen LogP contribution in [0.5, 0.6) is 0 Å². The summed E-state index contributed by atoms with van der Waals surface area (Å²) in [7, 11) is 1.72. The number of aliphatic carboxylic acids is 1. The number of aromatic nitrogens is 2. The molecular weight excluding hydrogens is 248 g/mol. The first-order chi connectivity index (χ1) is 8.81. The molecule has 7 heteroatoms. The predicted octanol–water partition coefficient (Wildman–Crippen LogP) is 0.618. The Morgan fingerprint density at radius 2 is 2.11 bits per heavy atom. The van der Waals surface area contributed by atoms with Crippen molar-refractivity contribution in [3.8, 4) is 0 Å². The van der Waals surface area contributed by atoms with Crippen LogP contribution in [0.3, 0.4) is 0 Å². The first-order valence-corrected chi connectivity index (χ1v) is 6.04. The van der Waals surface area contributed by atoms with Crippen molar-refractivity contribution < 1.29 is 14.7 Å². The van der Waals surface area contributed by atoms with Crippen LogP contribution in [-0.4, -0.2) is 52.2 Å². The Morgan fingerprint density at radius 1 is 1.47 bits per heavy atom. The van der Waals surface area contributed by atoms with E-state index in [0.717, 1.165) is 11.4 Å². The molecule has 0 aromatic carbocycles. The van der Waals surface area contributed by atoms with Gasteiger partial charge in [0.25, 0.3) is 0 Å². The fourth-order valence-corrected chi connectivity index (χ4v) is 1.77. The number of nitrogens with zero attached hydrogens (tertiary/aromatic N) is 2. The van der Waals surface area contributed by atoms with Gasteiger partial charge in [0, 0.05) is 6.54 Å². The van der Waals surface area contributed by atoms with Gasteiger partial charge < -0.3 is 10.4 Å². The molecule has 0 bridgehead atoms. The molecule has 1 aromatic rings. The number of carboxylic acid groups (broad SMARTS) is 1. The summed E-state index contributed by atoms with van der Waals surface area (Å²) in [6, 6.07) is 0. The molecule has 1 amide bonds. The van der Waals surface area contributed by atoms with E-state index in [4.69, 9.17) is 5.11 Å². The standard InChI is InChI=1S/C12H20N4O3/c1-7(12(18)19)5-16(4)6-10(17)13-11-8(2)14-15-9(11)3/h7H,5-6H2,1-4H3,(H,13,17)(H,14,15)(H,18,19). The minimum absolute atomic E-state index is 0.141. The fraction of sp³-hybridized carbons (Fsp3) is 0.583. The van der Waals surface area contributed by atoms with E-state index >= 15 is 0 Å². The van der Waals surface area contributed by atoms with Crippen LogP contribution in [0, 0.1) is 19.8 Å². The second kappa shape index (κ2) is 6.33. The molecule has 0 aliphatic carbocycles. The van der Waals surface area contributed by atoms with Gasteiger partial charge in [-0.25, -0.2) is 0 Å². The van der Waals surface area contributed by atoms with Gasteiger partial charge in [-0.05, 0) is 20.9 Å². The normalized spacial score (nSPS) is 12.5. The van der Waals surface area contributed by atoms with Gasteiger partial charge in [0.15, 0.2) is 0 Å². The highest BCUT2D eigenvalue weighted by Gasteiger charge is 2.16. The molecule has 0 aliphatic heterocycles. The molecule has 0 spiro atoms. The molecule has 3 N–H and O–H groups in total. The van der Waals surface area contributed by atoms with Crippen LogP contribution in [-0.2, 0) is 9.59 Å². The highest BCUT2D eigenvalue weighted by Crippen LogP contribution is 2.15. The first kappa shape index (κ1) is 15.2. The molecular formula is C12H20N4O3. The number of carbonyl (C=O) groups is 2. The lowest BCUT2D eigenvalue weighted by molar-refractivity contribution is -0.141. The summed E-state index contributed by atoms with van der Waals surface area (Å²) in [4.78, 5) is 24.2. The molecule has 19 heavy (non-hydrogen) atoms. The maximum atomic E-state index is 11.8. The van der Waals surface area contributed by atoms with E-state index < -0.39 is 11.9 Å². The number of carbonyl (C=O) groups excluding carboxylic acids is 1. The van der Waals surface area contributed by atoms with Crippen LogP contribution >= 0.6 is 0 Å². The Bertz CT molecular complexity index is 450. The van der Waals surface area contributed by atoms with Gasteiger partial charge in [-0.2, -0.15) is 5.10 Å². The van der Waals surface area contributed by atoms with Gasteiger partial charge in [0.2, 0.25) is 5.91 Å². The van der Waals surface area contributed by atoms with Gasteiger partial charge >= 0.3 is 5.97 Å². The van der Waals surface area contributed by atoms with Crippen molar-refractivity contribution in [2.75, 3.05) is 25.5 Å². The lowest BCUT2D eigenvalue weighted by Gasteiger charge is -2.18. The zero-order valence-corrected chi connectivity index (χ0v) is 11.6. The molecule has 1 atom stereocenters. The lowest BCUT2D eigenvalue weighted by Crippen LogP contribution is -2.35. The van der Waals surface area contributed by atoms with Gasteiger partial charge in [-0.3, -0.25) is 19.6 Å². The topological polar surface area (TPSA) is 98.3 Å². The zero-order valence-electron chi connectivity index (χ0n) is 11.6. The maximum Gasteiger partial charge on any atom is 0.307 e. The summed E-state index contributed by atoms with van der Waals surface area (Å²) >= 11 is 0. The molecule has 0 fully saturated rings. The van der Waals surface area contributed by atoms with Gasteiger partial charge in [0.05, 0.1) is 29.5 Å². The number of aromatic amines is 1. The van der Waals surface area contributed by atoms with Gasteiger partial charge in [0.1, 0.15) is 0 Å². The third-order valence-corrected chi connectivity index (χ3v) is 2.81. The number of carboxylic acids is 1. The predicted molar refractivity (Wildman–Crippen MR) is 71.0 cm³/mol. The largest absolute Gasteiger partial charge is 0.481 e. The molecule has 0 saturated carbocycles. The number of rotatable bonds is 6. The van der Waals surface area contributed by atoms with Crippen LogP contribution in [0.1, 0.15) is 18.3 Å². The number of nitrogens with one attached hydrogen (secondary N) is 2. The molecule has 7 nitrogen and oxygen atoms in total. The summed E-state index contributed by atoms with van der Waals surface area (Å²) in [5.74, 6) is -1.56. The fourth-order valence-electron chi connectivity index (χ4n) is 1.77. The van der Waals surface area contributed by atoms with E-state index in [1.165, 1.54) is 0 Å². The molecule has 1 aromatic heterocycles. The first-order valence-electron chi connectivity index (χ1n) is 6.04. The molecule has 1 unspecified atom stereocenters. The van der Waals surface area contributed by atoms with Crippen LogP contribution in [0.4, 0.5) is 5.69 Å². The van der Waals surface area contributed by atoms with Crippen molar-refractivity contribution in [1.82, 2.24) is 15.1 Å². The Morgan fingerprint density at radius 3 is 2.58 bits per heavy atom. The van der Waals surface area contributed by atoms with Crippen molar-refractivity contribution in [3.05, 3.63) is 11.4 Å². The SMILES string of the molecule is Cc1n[nH]c(C)c1NC(=O)CN(C)CC(C)C(=O)O. The second-order valence-electron chi connectivity index (χ2n) is 4.79. The lowest BCUT2D eigenvalue weighted by atomic mass is 10.2. The molecule has 0 saturated heterocycles. The number of hydrogen-bond acceptors (Lipinski definition) is 4. The molecule has 1 heterocycles. The van der Waals surface area contributed by atoms with Crippen molar-refractivity contribution in [2.24, 2.45) is 5.92 Å². The van der Waals surface area contributed by atoms with Gasteiger partial charge in [-0.1, -0.05) is 6.92 Å². The smallest absolute Gasteiger partial charge is 0.307 e.